The Balaban J connectivity index is 0.00000264. The molecule has 0 saturated heterocycles. The lowest BCUT2D eigenvalue weighted by Crippen LogP contribution is -2.32. The molecule has 2 rings (SSSR count). The first-order valence-electron chi connectivity index (χ1n) is 7.71. The molecule has 0 bridgehead atoms. The number of carbonyl (C=O) groups is 1. The zero-order valence-corrected chi connectivity index (χ0v) is 14.6. The first-order valence-corrected chi connectivity index (χ1v) is 7.71. The van der Waals surface area contributed by atoms with Crippen LogP contribution in [0.5, 0.6) is 5.75 Å². The van der Waals surface area contributed by atoms with E-state index in [4.69, 9.17) is 4.74 Å². The van der Waals surface area contributed by atoms with Gasteiger partial charge in [0.15, 0.2) is 0 Å². The summed E-state index contributed by atoms with van der Waals surface area (Å²) in [7, 11) is 3.72. The van der Waals surface area contributed by atoms with Crippen LogP contribution < -0.4 is 10.1 Å². The molecule has 0 heterocycles. The topological polar surface area (TPSA) is 41.6 Å². The number of likely N-dealkylation sites (N-methyl/N-ethyl adjacent to an activating group) is 2. The Morgan fingerprint density at radius 1 is 1.17 bits per heavy atom. The molecule has 4 nitrogen and oxygen atoms in total. The van der Waals surface area contributed by atoms with E-state index in [9.17, 15) is 4.79 Å². The number of hydrogen-bond donors (Lipinski definition) is 1. The van der Waals surface area contributed by atoms with Gasteiger partial charge in [0, 0.05) is 31.9 Å². The van der Waals surface area contributed by atoms with Crippen molar-refractivity contribution in [3.05, 3.63) is 42.5 Å². The molecule has 2 aromatic carbocycles. The third kappa shape index (κ3) is 5.73. The van der Waals surface area contributed by atoms with E-state index in [1.165, 1.54) is 5.39 Å². The number of amides is 1. The first kappa shape index (κ1) is 19.3. The molecule has 0 atom stereocenters. The molecular formula is C18H25ClN2O2. The molecule has 0 aliphatic carbocycles. The number of rotatable bonds is 8. The van der Waals surface area contributed by atoms with Crippen LogP contribution in [0.15, 0.2) is 42.5 Å². The highest BCUT2D eigenvalue weighted by atomic mass is 35.5. The number of benzene rings is 2. The molecule has 0 spiro atoms. The molecule has 0 aliphatic rings. The standard InChI is InChI=1S/C18H24N2O2.ClH/c1-19-12-13-20(2)18(21)11-6-14-22-17-10-5-8-15-7-3-4-9-16(15)17;/h3-5,7-10,19H,6,11-14H2,1-2H3;1H. The summed E-state index contributed by atoms with van der Waals surface area (Å²) in [5.74, 6) is 1.05. The Morgan fingerprint density at radius 2 is 1.91 bits per heavy atom. The Kier molecular flexibility index (Phi) is 8.45. The second-order valence-corrected chi connectivity index (χ2v) is 5.35. The molecule has 1 amide bonds. The minimum Gasteiger partial charge on any atom is -0.493 e. The number of fused-ring (bicyclic) bond motifs is 1. The van der Waals surface area contributed by atoms with Crippen molar-refractivity contribution in [1.82, 2.24) is 10.2 Å². The van der Waals surface area contributed by atoms with Crippen molar-refractivity contribution in [1.29, 1.82) is 0 Å². The van der Waals surface area contributed by atoms with Gasteiger partial charge in [-0.25, -0.2) is 0 Å². The van der Waals surface area contributed by atoms with Crippen LogP contribution in [0.3, 0.4) is 0 Å². The van der Waals surface area contributed by atoms with Crippen molar-refractivity contribution in [3.8, 4) is 5.75 Å². The third-order valence-corrected chi connectivity index (χ3v) is 3.67. The van der Waals surface area contributed by atoms with E-state index in [0.29, 0.717) is 13.0 Å². The summed E-state index contributed by atoms with van der Waals surface area (Å²) >= 11 is 0. The van der Waals surface area contributed by atoms with Gasteiger partial charge in [0.05, 0.1) is 6.61 Å². The fourth-order valence-corrected chi connectivity index (χ4v) is 2.32. The molecule has 0 aromatic heterocycles. The molecule has 0 fully saturated rings. The third-order valence-electron chi connectivity index (χ3n) is 3.67. The number of ether oxygens (including phenoxy) is 1. The van der Waals surface area contributed by atoms with Crippen LogP contribution in [0.4, 0.5) is 0 Å². The lowest BCUT2D eigenvalue weighted by molar-refractivity contribution is -0.130. The predicted molar refractivity (Wildman–Crippen MR) is 97.5 cm³/mol. The highest BCUT2D eigenvalue weighted by Crippen LogP contribution is 2.25. The largest absolute Gasteiger partial charge is 0.493 e. The lowest BCUT2D eigenvalue weighted by atomic mass is 10.1. The molecule has 0 unspecified atom stereocenters. The Hall–Kier alpha value is -1.78. The SMILES string of the molecule is CNCCN(C)C(=O)CCCOc1cccc2ccccc12.Cl. The fourth-order valence-electron chi connectivity index (χ4n) is 2.32. The summed E-state index contributed by atoms with van der Waals surface area (Å²) in [6, 6.07) is 14.2. The molecule has 126 valence electrons. The zero-order valence-electron chi connectivity index (χ0n) is 13.7. The lowest BCUT2D eigenvalue weighted by Gasteiger charge is -2.17. The number of carbonyl (C=O) groups excluding carboxylic acids is 1. The van der Waals surface area contributed by atoms with Crippen LogP contribution in [-0.4, -0.2) is 44.6 Å². The van der Waals surface area contributed by atoms with E-state index in [-0.39, 0.29) is 18.3 Å². The smallest absolute Gasteiger partial charge is 0.222 e. The fraction of sp³-hybridized carbons (Fsp3) is 0.389. The van der Waals surface area contributed by atoms with Gasteiger partial charge in [-0.1, -0.05) is 36.4 Å². The molecule has 1 N–H and O–H groups in total. The summed E-state index contributed by atoms with van der Waals surface area (Å²) in [5.41, 5.74) is 0. The molecular weight excluding hydrogens is 312 g/mol. The highest BCUT2D eigenvalue weighted by Gasteiger charge is 2.08. The summed E-state index contributed by atoms with van der Waals surface area (Å²) < 4.78 is 5.85. The van der Waals surface area contributed by atoms with Gasteiger partial charge in [-0.2, -0.15) is 0 Å². The van der Waals surface area contributed by atoms with Crippen LogP contribution in [0.1, 0.15) is 12.8 Å². The van der Waals surface area contributed by atoms with Crippen LogP contribution in [0.25, 0.3) is 10.8 Å². The molecule has 0 aliphatic heterocycles. The molecule has 0 radical (unpaired) electrons. The number of nitrogens with zero attached hydrogens (tertiary/aromatic N) is 1. The maximum atomic E-state index is 11.9. The molecule has 0 saturated carbocycles. The maximum Gasteiger partial charge on any atom is 0.222 e. The predicted octanol–water partition coefficient (Wildman–Crippen LogP) is 3.10. The van der Waals surface area contributed by atoms with E-state index >= 15 is 0 Å². The Bertz CT molecular complexity index is 613. The summed E-state index contributed by atoms with van der Waals surface area (Å²) in [4.78, 5) is 13.7. The van der Waals surface area contributed by atoms with Gasteiger partial charge in [-0.15, -0.1) is 12.4 Å². The average Bonchev–Trinajstić information content (AvgIpc) is 2.56. The average molecular weight is 337 g/mol. The number of hydrogen-bond acceptors (Lipinski definition) is 3. The van der Waals surface area contributed by atoms with Gasteiger partial charge in [-0.3, -0.25) is 4.79 Å². The normalized spacial score (nSPS) is 10.2. The van der Waals surface area contributed by atoms with Gasteiger partial charge in [0.2, 0.25) is 5.91 Å². The quantitative estimate of drug-likeness (QED) is 0.753. The summed E-state index contributed by atoms with van der Waals surface area (Å²) in [5, 5.41) is 5.32. The maximum absolute atomic E-state index is 11.9. The second-order valence-electron chi connectivity index (χ2n) is 5.35. The molecule has 2 aromatic rings. The Morgan fingerprint density at radius 3 is 2.70 bits per heavy atom. The monoisotopic (exact) mass is 336 g/mol. The minimum atomic E-state index is 0. The van der Waals surface area contributed by atoms with Crippen LogP contribution in [0, 0.1) is 0 Å². The van der Waals surface area contributed by atoms with Crippen molar-refractivity contribution in [3.63, 3.8) is 0 Å². The number of nitrogens with one attached hydrogen (secondary N) is 1. The zero-order chi connectivity index (χ0) is 15.8. The Labute approximate surface area is 144 Å². The van der Waals surface area contributed by atoms with E-state index < -0.39 is 0 Å². The van der Waals surface area contributed by atoms with Crippen LogP contribution in [-0.2, 0) is 4.79 Å². The summed E-state index contributed by atoms with van der Waals surface area (Å²) in [6.45, 7) is 2.11. The summed E-state index contributed by atoms with van der Waals surface area (Å²) in [6.07, 6.45) is 1.25. The first-order chi connectivity index (χ1) is 10.7. The molecule has 23 heavy (non-hydrogen) atoms. The van der Waals surface area contributed by atoms with Crippen LogP contribution in [0.2, 0.25) is 0 Å². The van der Waals surface area contributed by atoms with E-state index in [1.807, 2.05) is 38.4 Å². The van der Waals surface area contributed by atoms with Crippen molar-refractivity contribution < 1.29 is 9.53 Å². The number of halogens is 1. The van der Waals surface area contributed by atoms with Gasteiger partial charge in [-0.05, 0) is 24.9 Å². The van der Waals surface area contributed by atoms with Gasteiger partial charge in [0.25, 0.3) is 0 Å². The second kappa shape index (κ2) is 10.1. The molecule has 5 heteroatoms. The minimum absolute atomic E-state index is 0. The van der Waals surface area contributed by atoms with E-state index in [1.54, 1.807) is 4.90 Å². The van der Waals surface area contributed by atoms with Crippen molar-refractivity contribution in [2.45, 2.75) is 12.8 Å². The van der Waals surface area contributed by atoms with Crippen molar-refractivity contribution in [2.24, 2.45) is 0 Å². The van der Waals surface area contributed by atoms with Gasteiger partial charge in [0.1, 0.15) is 5.75 Å². The van der Waals surface area contributed by atoms with Crippen LogP contribution >= 0.6 is 12.4 Å². The van der Waals surface area contributed by atoms with E-state index in [2.05, 4.69) is 23.5 Å². The highest BCUT2D eigenvalue weighted by molar-refractivity contribution is 5.88. The van der Waals surface area contributed by atoms with Gasteiger partial charge >= 0.3 is 0 Å². The van der Waals surface area contributed by atoms with Gasteiger partial charge < -0.3 is 15.0 Å². The van der Waals surface area contributed by atoms with E-state index in [0.717, 1.165) is 30.6 Å². The van der Waals surface area contributed by atoms with Crippen molar-refractivity contribution in [2.75, 3.05) is 33.8 Å². The van der Waals surface area contributed by atoms with Crippen molar-refractivity contribution >= 4 is 29.1 Å².